The van der Waals surface area contributed by atoms with E-state index < -0.39 is 5.97 Å². The molecule has 1 aromatic carbocycles. The third kappa shape index (κ3) is 3.37. The fourth-order valence-electron chi connectivity index (χ4n) is 1.79. The summed E-state index contributed by atoms with van der Waals surface area (Å²) >= 11 is 0. The first kappa shape index (κ1) is 15.8. The number of rotatable bonds is 5. The molecule has 0 bridgehead atoms. The molecule has 0 fully saturated rings. The van der Waals surface area contributed by atoms with Crippen LogP contribution in [0.2, 0.25) is 0 Å². The number of ketones is 1. The van der Waals surface area contributed by atoms with E-state index in [1.807, 2.05) is 0 Å². The van der Waals surface area contributed by atoms with Crippen molar-refractivity contribution in [3.63, 3.8) is 0 Å². The van der Waals surface area contributed by atoms with Crippen LogP contribution in [0.15, 0.2) is 28.9 Å². The second kappa shape index (κ2) is 6.75. The monoisotopic (exact) mass is 270 g/mol. The molecule has 0 aliphatic heterocycles. The van der Waals surface area contributed by atoms with Crippen molar-refractivity contribution in [1.29, 1.82) is 0 Å². The Balaban J connectivity index is 0.00000180. The van der Waals surface area contributed by atoms with Crippen molar-refractivity contribution in [3.8, 4) is 5.75 Å². The summed E-state index contributed by atoms with van der Waals surface area (Å²) in [7, 11) is 1.51. The summed E-state index contributed by atoms with van der Waals surface area (Å²) in [6, 6.07) is 4.89. The molecular weight excluding hydrogens is 259 g/mol. The third-order valence-corrected chi connectivity index (χ3v) is 2.66. The predicted molar refractivity (Wildman–Crippen MR) is 61.3 cm³/mol. The van der Waals surface area contributed by atoms with E-state index in [2.05, 4.69) is 0 Å². The maximum atomic E-state index is 11.9. The zero-order valence-electron chi connectivity index (χ0n) is 10.8. The molecule has 6 heteroatoms. The van der Waals surface area contributed by atoms with Crippen LogP contribution < -0.4 is 39.4 Å². The van der Waals surface area contributed by atoms with E-state index in [9.17, 15) is 14.7 Å². The van der Waals surface area contributed by atoms with Crippen LogP contribution in [0.3, 0.4) is 0 Å². The number of Topliss-reactive ketones (excluding diaryl/α,β-unsaturated/α-hetero) is 1. The predicted octanol–water partition coefficient (Wildman–Crippen LogP) is -1.84. The molecular formula is C13H11NaO5. The van der Waals surface area contributed by atoms with Gasteiger partial charge in [0, 0.05) is 23.3 Å². The van der Waals surface area contributed by atoms with Gasteiger partial charge in [-0.25, -0.2) is 0 Å². The molecule has 0 amide bonds. The van der Waals surface area contributed by atoms with Crippen molar-refractivity contribution in [1.82, 2.24) is 0 Å². The molecule has 0 unspecified atom stereocenters. The van der Waals surface area contributed by atoms with Gasteiger partial charge in [0.2, 0.25) is 0 Å². The van der Waals surface area contributed by atoms with Crippen LogP contribution >= 0.6 is 0 Å². The summed E-state index contributed by atoms with van der Waals surface area (Å²) in [6.45, 7) is 0. The van der Waals surface area contributed by atoms with Gasteiger partial charge in [0.25, 0.3) is 0 Å². The molecule has 1 heterocycles. The Labute approximate surface area is 131 Å². The summed E-state index contributed by atoms with van der Waals surface area (Å²) in [5.74, 6) is -0.958. The van der Waals surface area contributed by atoms with Crippen LogP contribution in [0.25, 0.3) is 11.0 Å². The van der Waals surface area contributed by atoms with Gasteiger partial charge in [-0.3, -0.25) is 4.79 Å². The summed E-state index contributed by atoms with van der Waals surface area (Å²) in [5, 5.41) is 11.0. The molecule has 1 aromatic heterocycles. The Hall–Kier alpha value is -1.30. The molecule has 2 rings (SSSR count). The number of carboxylic acid groups (broad SMARTS) is 1. The summed E-state index contributed by atoms with van der Waals surface area (Å²) in [6.07, 6.45) is 1.09. The van der Waals surface area contributed by atoms with Gasteiger partial charge in [-0.1, -0.05) is 0 Å². The van der Waals surface area contributed by atoms with E-state index in [0.29, 0.717) is 22.3 Å². The Morgan fingerprint density at radius 3 is 2.63 bits per heavy atom. The van der Waals surface area contributed by atoms with Crippen LogP contribution in [0, 0.1) is 0 Å². The standard InChI is InChI=1S/C13H12O5.Na/c1-17-11-4-2-8(9-6-7-18-13(9)11)10(14)3-5-12(15)16;/h2,4,6-7H,3,5H2,1H3,(H,15,16);/q;+1/p-1. The number of ether oxygens (including phenoxy) is 1. The van der Waals surface area contributed by atoms with E-state index in [4.69, 9.17) is 9.15 Å². The van der Waals surface area contributed by atoms with Crippen LogP contribution in [-0.2, 0) is 4.79 Å². The van der Waals surface area contributed by atoms with E-state index in [0.717, 1.165) is 0 Å². The fourth-order valence-corrected chi connectivity index (χ4v) is 1.79. The Morgan fingerprint density at radius 2 is 2.00 bits per heavy atom. The number of methoxy groups -OCH3 is 1. The van der Waals surface area contributed by atoms with Gasteiger partial charge in [0.15, 0.2) is 17.1 Å². The minimum absolute atomic E-state index is 0. The van der Waals surface area contributed by atoms with Gasteiger partial charge < -0.3 is 19.1 Å². The first-order valence-electron chi connectivity index (χ1n) is 5.40. The molecule has 0 aliphatic rings. The molecule has 0 spiro atoms. The number of hydrogen-bond acceptors (Lipinski definition) is 5. The summed E-state index contributed by atoms with van der Waals surface area (Å²) < 4.78 is 10.4. The molecule has 0 N–H and O–H groups in total. The average molecular weight is 270 g/mol. The Morgan fingerprint density at radius 1 is 1.26 bits per heavy atom. The molecule has 19 heavy (non-hydrogen) atoms. The van der Waals surface area contributed by atoms with Crippen molar-refractivity contribution in [2.24, 2.45) is 0 Å². The Kier molecular flexibility index (Phi) is 5.60. The molecule has 0 saturated carbocycles. The van der Waals surface area contributed by atoms with Gasteiger partial charge >= 0.3 is 29.6 Å². The number of carboxylic acids is 1. The number of furan rings is 1. The van der Waals surface area contributed by atoms with Gasteiger partial charge in [0.05, 0.1) is 13.4 Å². The van der Waals surface area contributed by atoms with Gasteiger partial charge in [-0.2, -0.15) is 0 Å². The van der Waals surface area contributed by atoms with Gasteiger partial charge in [-0.15, -0.1) is 0 Å². The van der Waals surface area contributed by atoms with Crippen molar-refractivity contribution in [2.75, 3.05) is 7.11 Å². The Bertz CT molecular complexity index is 602. The van der Waals surface area contributed by atoms with Gasteiger partial charge in [0.1, 0.15) is 0 Å². The number of benzene rings is 1. The molecule has 2 aromatic rings. The SMILES string of the molecule is COc1ccc(C(=O)CCC(=O)[O-])c2ccoc12.[Na+]. The first-order chi connectivity index (χ1) is 8.63. The first-order valence-corrected chi connectivity index (χ1v) is 5.40. The van der Waals surface area contributed by atoms with Crippen LogP contribution in [0.5, 0.6) is 5.75 Å². The number of carbonyl (C=O) groups excluding carboxylic acids is 2. The van der Waals surface area contributed by atoms with Crippen molar-refractivity contribution in [2.45, 2.75) is 12.8 Å². The van der Waals surface area contributed by atoms with E-state index in [-0.39, 0.29) is 48.2 Å². The molecule has 5 nitrogen and oxygen atoms in total. The maximum absolute atomic E-state index is 11.9. The number of carbonyl (C=O) groups is 2. The van der Waals surface area contributed by atoms with Crippen molar-refractivity contribution < 1.29 is 53.4 Å². The molecule has 0 aliphatic carbocycles. The van der Waals surface area contributed by atoms with Crippen molar-refractivity contribution in [3.05, 3.63) is 30.0 Å². The number of fused-ring (bicyclic) bond motifs is 1. The summed E-state index contributed by atoms with van der Waals surface area (Å²) in [4.78, 5) is 22.2. The zero-order chi connectivity index (χ0) is 13.1. The quantitative estimate of drug-likeness (QED) is 0.471. The average Bonchev–Trinajstić information content (AvgIpc) is 2.83. The smallest absolute Gasteiger partial charge is 0.550 e. The largest absolute Gasteiger partial charge is 1.00 e. The zero-order valence-corrected chi connectivity index (χ0v) is 12.8. The normalized spacial score (nSPS) is 9.95. The van der Waals surface area contributed by atoms with Crippen LogP contribution in [-0.4, -0.2) is 18.9 Å². The summed E-state index contributed by atoms with van der Waals surface area (Å²) in [5.41, 5.74) is 0.914. The second-order valence-corrected chi connectivity index (χ2v) is 3.77. The third-order valence-electron chi connectivity index (χ3n) is 2.66. The molecule has 0 saturated heterocycles. The van der Waals surface area contributed by atoms with Crippen molar-refractivity contribution >= 4 is 22.7 Å². The second-order valence-electron chi connectivity index (χ2n) is 3.77. The molecule has 94 valence electrons. The molecule has 0 radical (unpaired) electrons. The molecule has 0 atom stereocenters. The number of aliphatic carboxylic acids is 1. The van der Waals surface area contributed by atoms with E-state index in [1.54, 1.807) is 18.2 Å². The van der Waals surface area contributed by atoms with E-state index in [1.165, 1.54) is 13.4 Å². The number of hydrogen-bond donors (Lipinski definition) is 0. The minimum Gasteiger partial charge on any atom is -0.550 e. The fraction of sp³-hybridized carbons (Fsp3) is 0.231. The van der Waals surface area contributed by atoms with Crippen LogP contribution in [0.4, 0.5) is 0 Å². The maximum Gasteiger partial charge on any atom is 1.00 e. The van der Waals surface area contributed by atoms with Crippen LogP contribution in [0.1, 0.15) is 23.2 Å². The topological polar surface area (TPSA) is 79.6 Å². The van der Waals surface area contributed by atoms with E-state index >= 15 is 0 Å². The van der Waals surface area contributed by atoms with Gasteiger partial charge in [-0.05, 0) is 24.6 Å². The minimum atomic E-state index is -1.24.